The monoisotopic (exact) mass is 316 g/mol. The van der Waals surface area contributed by atoms with Crippen LogP contribution in [0.5, 0.6) is 5.75 Å². The molecule has 0 bridgehead atoms. The molecule has 2 aromatic rings. The minimum atomic E-state index is -0.404. The number of rotatable bonds is 4. The van der Waals surface area contributed by atoms with Crippen molar-refractivity contribution in [1.29, 1.82) is 0 Å². The fraction of sp³-hybridized carbons (Fsp3) is 0.412. The molecule has 0 spiro atoms. The van der Waals surface area contributed by atoms with Gasteiger partial charge in [0.2, 0.25) is 0 Å². The Morgan fingerprint density at radius 3 is 2.70 bits per heavy atom. The molecule has 1 heterocycles. The molecule has 1 aliphatic rings. The summed E-state index contributed by atoms with van der Waals surface area (Å²) < 4.78 is 10.9. The van der Waals surface area contributed by atoms with Gasteiger partial charge in [-0.05, 0) is 50.5 Å². The van der Waals surface area contributed by atoms with Crippen LogP contribution < -0.4 is 10.1 Å². The summed E-state index contributed by atoms with van der Waals surface area (Å²) in [5.74, 6) is 0.855. The number of hydrogen-bond acceptors (Lipinski definition) is 5. The molecule has 0 radical (unpaired) electrons. The molecular weight excluding hydrogens is 296 g/mol. The number of benzene rings is 1. The third-order valence-electron chi connectivity index (χ3n) is 4.03. The van der Waals surface area contributed by atoms with Crippen LogP contribution >= 0.6 is 0 Å². The van der Waals surface area contributed by atoms with Crippen molar-refractivity contribution in [3.05, 3.63) is 42.1 Å². The van der Waals surface area contributed by atoms with Crippen molar-refractivity contribution in [3.8, 4) is 5.75 Å². The highest BCUT2D eigenvalue weighted by atomic mass is 16.5. The van der Waals surface area contributed by atoms with E-state index in [-0.39, 0.29) is 17.7 Å². The molecule has 2 N–H and O–H groups in total. The van der Waals surface area contributed by atoms with Crippen molar-refractivity contribution in [1.82, 2.24) is 4.98 Å². The lowest BCUT2D eigenvalue weighted by Gasteiger charge is -2.28. The molecule has 1 fully saturated rings. The molecule has 6 heteroatoms. The van der Waals surface area contributed by atoms with Crippen LogP contribution in [0.15, 0.2) is 35.1 Å². The summed E-state index contributed by atoms with van der Waals surface area (Å²) in [6.07, 6.45) is 4.47. The summed E-state index contributed by atoms with van der Waals surface area (Å²) in [7, 11) is 0. The number of ether oxygens (including phenoxy) is 1. The third-order valence-corrected chi connectivity index (χ3v) is 4.03. The molecule has 3 rings (SSSR count). The Morgan fingerprint density at radius 1 is 1.30 bits per heavy atom. The number of anilines is 1. The van der Waals surface area contributed by atoms with Gasteiger partial charge in [0.05, 0.1) is 6.10 Å². The van der Waals surface area contributed by atoms with E-state index in [1.165, 1.54) is 6.39 Å². The van der Waals surface area contributed by atoms with Crippen molar-refractivity contribution < 1.29 is 19.1 Å². The van der Waals surface area contributed by atoms with E-state index in [1.807, 2.05) is 0 Å². The SMILES string of the molecule is Cc1ocnc1C(=O)Nc1ccc(OC2CCCCC2O)cc1. The van der Waals surface area contributed by atoms with Gasteiger partial charge in [0, 0.05) is 5.69 Å². The van der Waals surface area contributed by atoms with Crippen LogP contribution in [0.4, 0.5) is 5.69 Å². The number of aryl methyl sites for hydroxylation is 1. The number of nitrogens with zero attached hydrogens (tertiary/aromatic N) is 1. The number of aromatic nitrogens is 1. The van der Waals surface area contributed by atoms with E-state index in [0.29, 0.717) is 17.2 Å². The highest BCUT2D eigenvalue weighted by Crippen LogP contribution is 2.25. The van der Waals surface area contributed by atoms with Gasteiger partial charge in [-0.25, -0.2) is 4.98 Å². The molecule has 6 nitrogen and oxygen atoms in total. The second kappa shape index (κ2) is 6.83. The van der Waals surface area contributed by atoms with E-state index in [0.717, 1.165) is 25.7 Å². The number of aliphatic hydroxyl groups excluding tert-OH is 1. The molecule has 1 aliphatic carbocycles. The normalized spacial score (nSPS) is 21.0. The molecule has 1 saturated carbocycles. The largest absolute Gasteiger partial charge is 0.488 e. The van der Waals surface area contributed by atoms with Gasteiger partial charge in [0.25, 0.3) is 5.91 Å². The van der Waals surface area contributed by atoms with E-state index in [4.69, 9.17) is 9.15 Å². The first-order valence-corrected chi connectivity index (χ1v) is 7.79. The van der Waals surface area contributed by atoms with Gasteiger partial charge in [-0.15, -0.1) is 0 Å². The minimum Gasteiger partial charge on any atom is -0.488 e. The topological polar surface area (TPSA) is 84.6 Å². The van der Waals surface area contributed by atoms with Crippen LogP contribution in [0.25, 0.3) is 0 Å². The molecule has 1 amide bonds. The Bertz CT molecular complexity index is 665. The van der Waals surface area contributed by atoms with E-state index < -0.39 is 6.10 Å². The smallest absolute Gasteiger partial charge is 0.277 e. The average Bonchev–Trinajstić information content (AvgIpc) is 2.98. The summed E-state index contributed by atoms with van der Waals surface area (Å²) in [6.45, 7) is 1.69. The fourth-order valence-electron chi connectivity index (χ4n) is 2.72. The maximum absolute atomic E-state index is 12.0. The number of amides is 1. The Morgan fingerprint density at radius 2 is 2.04 bits per heavy atom. The van der Waals surface area contributed by atoms with Crippen LogP contribution in [0.3, 0.4) is 0 Å². The molecule has 122 valence electrons. The van der Waals surface area contributed by atoms with Crippen molar-refractivity contribution in [2.75, 3.05) is 5.32 Å². The van der Waals surface area contributed by atoms with Crippen molar-refractivity contribution >= 4 is 11.6 Å². The first-order valence-electron chi connectivity index (χ1n) is 7.79. The summed E-state index contributed by atoms with van der Waals surface area (Å²) in [5.41, 5.74) is 0.921. The lowest BCUT2D eigenvalue weighted by Crippen LogP contribution is -2.34. The molecule has 1 aromatic heterocycles. The number of nitrogens with one attached hydrogen (secondary N) is 1. The van der Waals surface area contributed by atoms with Gasteiger partial charge in [0.1, 0.15) is 17.6 Å². The van der Waals surface area contributed by atoms with Crippen molar-refractivity contribution in [3.63, 3.8) is 0 Å². The third kappa shape index (κ3) is 3.71. The lowest BCUT2D eigenvalue weighted by atomic mass is 9.95. The highest BCUT2D eigenvalue weighted by Gasteiger charge is 2.24. The van der Waals surface area contributed by atoms with Gasteiger partial charge in [-0.2, -0.15) is 0 Å². The maximum Gasteiger partial charge on any atom is 0.277 e. The van der Waals surface area contributed by atoms with Crippen LogP contribution in [0, 0.1) is 6.92 Å². The molecule has 0 saturated heterocycles. The van der Waals surface area contributed by atoms with E-state index in [9.17, 15) is 9.90 Å². The van der Waals surface area contributed by atoms with Gasteiger partial charge >= 0.3 is 0 Å². The Balaban J connectivity index is 1.61. The van der Waals surface area contributed by atoms with Crippen LogP contribution in [0.1, 0.15) is 41.9 Å². The number of aliphatic hydroxyl groups is 1. The number of hydrogen-bond donors (Lipinski definition) is 2. The molecule has 2 atom stereocenters. The summed E-state index contributed by atoms with van der Waals surface area (Å²) in [6, 6.07) is 7.09. The highest BCUT2D eigenvalue weighted by molar-refractivity contribution is 6.03. The molecular formula is C17H20N2O4. The van der Waals surface area contributed by atoms with E-state index >= 15 is 0 Å². The summed E-state index contributed by atoms with van der Waals surface area (Å²) in [5, 5.41) is 12.7. The first kappa shape index (κ1) is 15.6. The second-order valence-corrected chi connectivity index (χ2v) is 5.74. The minimum absolute atomic E-state index is 0.151. The first-order chi connectivity index (χ1) is 11.1. The summed E-state index contributed by atoms with van der Waals surface area (Å²) in [4.78, 5) is 15.9. The number of carbonyl (C=O) groups excluding carboxylic acids is 1. The quantitative estimate of drug-likeness (QED) is 0.906. The predicted molar refractivity (Wildman–Crippen MR) is 84.5 cm³/mol. The van der Waals surface area contributed by atoms with Crippen LogP contribution in [0.2, 0.25) is 0 Å². The predicted octanol–water partition coefficient (Wildman–Crippen LogP) is 2.92. The Kier molecular flexibility index (Phi) is 4.62. The van der Waals surface area contributed by atoms with E-state index in [1.54, 1.807) is 31.2 Å². The number of carbonyl (C=O) groups is 1. The molecule has 23 heavy (non-hydrogen) atoms. The molecule has 2 unspecified atom stereocenters. The van der Waals surface area contributed by atoms with Gasteiger partial charge in [-0.1, -0.05) is 6.42 Å². The van der Waals surface area contributed by atoms with Gasteiger partial charge in [-0.3, -0.25) is 4.79 Å². The zero-order chi connectivity index (χ0) is 16.2. The average molecular weight is 316 g/mol. The summed E-state index contributed by atoms with van der Waals surface area (Å²) >= 11 is 0. The Labute approximate surface area is 134 Å². The van der Waals surface area contributed by atoms with Crippen LogP contribution in [-0.2, 0) is 0 Å². The van der Waals surface area contributed by atoms with Crippen LogP contribution in [-0.4, -0.2) is 28.2 Å². The van der Waals surface area contributed by atoms with Crippen molar-refractivity contribution in [2.24, 2.45) is 0 Å². The molecule has 0 aliphatic heterocycles. The Hall–Kier alpha value is -2.34. The second-order valence-electron chi connectivity index (χ2n) is 5.74. The zero-order valence-corrected chi connectivity index (χ0v) is 13.0. The molecule has 1 aromatic carbocycles. The fourth-order valence-corrected chi connectivity index (χ4v) is 2.72. The van der Waals surface area contributed by atoms with Gasteiger partial charge in [0.15, 0.2) is 12.1 Å². The standard InChI is InChI=1S/C17H20N2O4/c1-11-16(18-10-22-11)17(21)19-12-6-8-13(9-7-12)23-15-5-3-2-4-14(15)20/h6-10,14-15,20H,2-5H2,1H3,(H,19,21). The van der Waals surface area contributed by atoms with E-state index in [2.05, 4.69) is 10.3 Å². The zero-order valence-electron chi connectivity index (χ0n) is 13.0. The maximum atomic E-state index is 12.0. The lowest BCUT2D eigenvalue weighted by molar-refractivity contribution is 0.00688. The number of oxazole rings is 1. The van der Waals surface area contributed by atoms with Gasteiger partial charge < -0.3 is 19.6 Å². The van der Waals surface area contributed by atoms with Crippen molar-refractivity contribution in [2.45, 2.75) is 44.8 Å².